The molecule has 0 saturated heterocycles. The first-order valence-corrected chi connectivity index (χ1v) is 8.59. The molecule has 0 aliphatic rings. The van der Waals surface area contributed by atoms with Crippen molar-refractivity contribution in [3.63, 3.8) is 0 Å². The van der Waals surface area contributed by atoms with E-state index in [1.807, 2.05) is 19.9 Å². The zero-order chi connectivity index (χ0) is 12.7. The van der Waals surface area contributed by atoms with Crippen LogP contribution in [0.4, 0.5) is 0 Å². The first-order valence-electron chi connectivity index (χ1n) is 5.46. The first kappa shape index (κ1) is 16.0. The predicted molar refractivity (Wildman–Crippen MR) is 67.4 cm³/mol. The Morgan fingerprint density at radius 2 is 2.06 bits per heavy atom. The van der Waals surface area contributed by atoms with Crippen molar-refractivity contribution in [2.45, 2.75) is 46.1 Å². The largest absolute Gasteiger partial charge is 0.390 e. The molecule has 0 aromatic heterocycles. The second-order valence-corrected chi connectivity index (χ2v) is 7.60. The van der Waals surface area contributed by atoms with Crippen LogP contribution in [0.15, 0.2) is 0 Å². The van der Waals surface area contributed by atoms with E-state index >= 15 is 0 Å². The van der Waals surface area contributed by atoms with Crippen LogP contribution in [0.25, 0.3) is 0 Å². The van der Waals surface area contributed by atoms with Gasteiger partial charge in [-0.2, -0.15) is 5.26 Å². The highest BCUT2D eigenvalue weighted by molar-refractivity contribution is 8.55. The Labute approximate surface area is 102 Å². The van der Waals surface area contributed by atoms with Crippen molar-refractivity contribution >= 4 is 18.2 Å². The molecule has 16 heavy (non-hydrogen) atoms. The molecule has 2 atom stereocenters. The van der Waals surface area contributed by atoms with Crippen LogP contribution in [0.5, 0.6) is 0 Å². The van der Waals surface area contributed by atoms with Crippen molar-refractivity contribution in [2.75, 3.05) is 12.4 Å². The van der Waals surface area contributed by atoms with Gasteiger partial charge in [-0.1, -0.05) is 13.8 Å². The van der Waals surface area contributed by atoms with Gasteiger partial charge in [0, 0.05) is 5.75 Å². The summed E-state index contributed by atoms with van der Waals surface area (Å²) in [7, 11) is 0. The minimum atomic E-state index is -3.20. The molecule has 0 bridgehead atoms. The summed E-state index contributed by atoms with van der Waals surface area (Å²) in [6, 6.07) is 2.03. The Morgan fingerprint density at radius 3 is 2.44 bits per heavy atom. The minimum absolute atomic E-state index is 0.319. The number of nitrogens with zero attached hydrogens (tertiary/aromatic N) is 1. The number of rotatable bonds is 8. The zero-order valence-electron chi connectivity index (χ0n) is 10.4. The van der Waals surface area contributed by atoms with E-state index < -0.39 is 12.4 Å². The smallest absolute Gasteiger partial charge is 0.301 e. The molecule has 0 aromatic rings. The van der Waals surface area contributed by atoms with Crippen LogP contribution < -0.4 is 0 Å². The molecule has 0 aliphatic heterocycles. The maximum atomic E-state index is 12.3. The van der Waals surface area contributed by atoms with Crippen molar-refractivity contribution in [1.82, 2.24) is 0 Å². The topological polar surface area (TPSA) is 59.3 Å². The highest BCUT2D eigenvalue weighted by Crippen LogP contribution is 2.63. The molecular formula is C10H20NO3PS. The van der Waals surface area contributed by atoms with Gasteiger partial charge in [0.15, 0.2) is 5.60 Å². The lowest BCUT2D eigenvalue weighted by molar-refractivity contribution is 0.117. The van der Waals surface area contributed by atoms with Crippen LogP contribution >= 0.6 is 18.2 Å². The van der Waals surface area contributed by atoms with Gasteiger partial charge in [0.2, 0.25) is 0 Å². The van der Waals surface area contributed by atoms with E-state index in [2.05, 4.69) is 0 Å². The minimum Gasteiger partial charge on any atom is -0.301 e. The van der Waals surface area contributed by atoms with Crippen LogP contribution in [0.1, 0.15) is 40.5 Å². The fraction of sp³-hybridized carbons (Fsp3) is 0.900. The van der Waals surface area contributed by atoms with E-state index in [-0.39, 0.29) is 0 Å². The number of hydrogen-bond acceptors (Lipinski definition) is 5. The predicted octanol–water partition coefficient (Wildman–Crippen LogP) is 3.98. The van der Waals surface area contributed by atoms with Gasteiger partial charge in [-0.3, -0.25) is 4.52 Å². The highest BCUT2D eigenvalue weighted by Gasteiger charge is 2.35. The average Bonchev–Trinajstić information content (AvgIpc) is 2.26. The maximum absolute atomic E-state index is 12.3. The quantitative estimate of drug-likeness (QED) is 0.621. The van der Waals surface area contributed by atoms with E-state index in [0.29, 0.717) is 18.8 Å². The number of hydrogen-bond donors (Lipinski definition) is 0. The monoisotopic (exact) mass is 265 g/mol. The van der Waals surface area contributed by atoms with Crippen LogP contribution in [-0.4, -0.2) is 18.0 Å². The molecule has 0 rings (SSSR count). The summed E-state index contributed by atoms with van der Waals surface area (Å²) in [5, 5.41) is 8.98. The van der Waals surface area contributed by atoms with E-state index in [1.54, 1.807) is 13.8 Å². The van der Waals surface area contributed by atoms with Crippen molar-refractivity contribution < 1.29 is 13.6 Å². The van der Waals surface area contributed by atoms with Crippen LogP contribution in [0.3, 0.4) is 0 Å². The van der Waals surface area contributed by atoms with Gasteiger partial charge in [-0.15, -0.1) is 0 Å². The van der Waals surface area contributed by atoms with Crippen molar-refractivity contribution in [3.8, 4) is 6.07 Å². The average molecular weight is 265 g/mol. The summed E-state index contributed by atoms with van der Waals surface area (Å²) in [6.07, 6.45) is 1.37. The Balaban J connectivity index is 4.67. The summed E-state index contributed by atoms with van der Waals surface area (Å²) in [4.78, 5) is 0. The second kappa shape index (κ2) is 7.34. The molecule has 0 amide bonds. The van der Waals surface area contributed by atoms with Crippen LogP contribution in [-0.2, 0) is 13.6 Å². The molecule has 0 N–H and O–H groups in total. The highest BCUT2D eigenvalue weighted by atomic mass is 32.7. The van der Waals surface area contributed by atoms with E-state index in [9.17, 15) is 4.57 Å². The Morgan fingerprint density at radius 1 is 1.44 bits per heavy atom. The molecule has 0 aromatic carbocycles. The third-order valence-electron chi connectivity index (χ3n) is 1.97. The second-order valence-electron chi connectivity index (χ2n) is 3.49. The van der Waals surface area contributed by atoms with Gasteiger partial charge < -0.3 is 4.52 Å². The Kier molecular flexibility index (Phi) is 7.34. The zero-order valence-corrected chi connectivity index (χ0v) is 12.1. The fourth-order valence-corrected chi connectivity index (χ4v) is 4.84. The van der Waals surface area contributed by atoms with Gasteiger partial charge in [0.25, 0.3) is 0 Å². The van der Waals surface area contributed by atoms with E-state index in [4.69, 9.17) is 14.3 Å². The molecule has 2 unspecified atom stereocenters. The normalized spacial score (nSPS) is 18.4. The number of nitriles is 1. The Hall–Kier alpha value is -0.01000. The van der Waals surface area contributed by atoms with Crippen LogP contribution in [0.2, 0.25) is 0 Å². The summed E-state index contributed by atoms with van der Waals surface area (Å²) in [5.74, 6) is 0.697. The molecule has 0 spiro atoms. The van der Waals surface area contributed by atoms with Gasteiger partial charge in [0.05, 0.1) is 12.7 Å². The lowest BCUT2D eigenvalue weighted by Crippen LogP contribution is -2.24. The fourth-order valence-electron chi connectivity index (χ4n) is 0.862. The van der Waals surface area contributed by atoms with Crippen molar-refractivity contribution in [1.29, 1.82) is 5.26 Å². The van der Waals surface area contributed by atoms with Crippen LogP contribution in [0, 0.1) is 11.3 Å². The molecular weight excluding hydrogens is 245 g/mol. The first-order chi connectivity index (χ1) is 7.45. The Bertz CT molecular complexity index is 292. The molecule has 6 heteroatoms. The van der Waals surface area contributed by atoms with E-state index in [1.165, 1.54) is 11.4 Å². The molecule has 4 nitrogen and oxygen atoms in total. The molecule has 0 fully saturated rings. The lowest BCUT2D eigenvalue weighted by atomic mass is 10.1. The van der Waals surface area contributed by atoms with Gasteiger partial charge in [-0.05, 0) is 38.1 Å². The molecule has 94 valence electrons. The van der Waals surface area contributed by atoms with Gasteiger partial charge in [-0.25, -0.2) is 4.57 Å². The van der Waals surface area contributed by atoms with Crippen molar-refractivity contribution in [3.05, 3.63) is 0 Å². The summed E-state index contributed by atoms with van der Waals surface area (Å²) in [6.45, 7) is 4.33. The van der Waals surface area contributed by atoms with Gasteiger partial charge >= 0.3 is 6.80 Å². The molecule has 0 heterocycles. The SMILES string of the molecule is CCCSP(=O)(OCC)OC(C)(C#N)CC. The molecule has 0 saturated carbocycles. The summed E-state index contributed by atoms with van der Waals surface area (Å²) < 4.78 is 22.9. The lowest BCUT2D eigenvalue weighted by Gasteiger charge is -2.25. The third-order valence-corrected chi connectivity index (χ3v) is 6.11. The maximum Gasteiger partial charge on any atom is 0.390 e. The van der Waals surface area contributed by atoms with Gasteiger partial charge in [0.1, 0.15) is 0 Å². The molecule has 0 radical (unpaired) electrons. The standard InChI is InChI=1S/C10H20NO3PS/c1-5-8-16-15(12,13-7-3)14-10(4,6-2)9-11/h5-8H2,1-4H3. The third kappa shape index (κ3) is 5.36. The van der Waals surface area contributed by atoms with E-state index in [0.717, 1.165) is 6.42 Å². The summed E-state index contributed by atoms with van der Waals surface area (Å²) >= 11 is 1.17. The van der Waals surface area contributed by atoms with Crippen molar-refractivity contribution in [2.24, 2.45) is 0 Å². The molecule has 0 aliphatic carbocycles. The summed E-state index contributed by atoms with van der Waals surface area (Å²) in [5.41, 5.74) is -1.04.